The average Bonchev–Trinajstić information content (AvgIpc) is 2.62. The summed E-state index contributed by atoms with van der Waals surface area (Å²) in [4.78, 5) is 14.3. The van der Waals surface area contributed by atoms with Crippen molar-refractivity contribution >= 4 is 33.3 Å². The van der Waals surface area contributed by atoms with Crippen LogP contribution in [0.25, 0.3) is 0 Å². The molecular weight excluding hydrogens is 374 g/mol. The molecule has 6 nitrogen and oxygen atoms in total. The molecule has 138 valence electrons. The molecule has 1 heterocycles. The van der Waals surface area contributed by atoms with E-state index in [1.54, 1.807) is 17.0 Å². The van der Waals surface area contributed by atoms with Crippen molar-refractivity contribution in [1.82, 2.24) is 9.21 Å². The zero-order valence-electron chi connectivity index (χ0n) is 14.3. The lowest BCUT2D eigenvalue weighted by Gasteiger charge is -2.39. The van der Waals surface area contributed by atoms with E-state index in [1.807, 2.05) is 37.3 Å². The number of benzene rings is 2. The van der Waals surface area contributed by atoms with Gasteiger partial charge in [0.1, 0.15) is 0 Å². The average molecular weight is 394 g/mol. The maximum absolute atomic E-state index is 12.8. The van der Waals surface area contributed by atoms with Crippen molar-refractivity contribution in [3.63, 3.8) is 0 Å². The van der Waals surface area contributed by atoms with E-state index in [-0.39, 0.29) is 30.1 Å². The minimum absolute atomic E-state index is 0.205. The number of rotatable bonds is 3. The molecule has 26 heavy (non-hydrogen) atoms. The van der Waals surface area contributed by atoms with Gasteiger partial charge < -0.3 is 10.2 Å². The van der Waals surface area contributed by atoms with Gasteiger partial charge in [-0.15, -0.1) is 0 Å². The molecule has 1 aliphatic rings. The lowest BCUT2D eigenvalue weighted by Crippen LogP contribution is -2.56. The number of para-hydroxylation sites is 1. The van der Waals surface area contributed by atoms with Crippen molar-refractivity contribution in [2.24, 2.45) is 0 Å². The molecule has 0 saturated carbocycles. The van der Waals surface area contributed by atoms with Crippen molar-refractivity contribution in [3.05, 3.63) is 59.6 Å². The van der Waals surface area contributed by atoms with Crippen LogP contribution in [0.2, 0.25) is 5.02 Å². The Balaban J connectivity index is 1.68. The molecule has 1 saturated heterocycles. The Morgan fingerprint density at radius 3 is 2.35 bits per heavy atom. The minimum atomic E-state index is -3.60. The van der Waals surface area contributed by atoms with E-state index in [0.717, 1.165) is 0 Å². The number of hydrogen-bond acceptors (Lipinski definition) is 3. The number of amides is 2. The summed E-state index contributed by atoms with van der Waals surface area (Å²) in [5, 5.41) is 3.32. The molecule has 8 heteroatoms. The number of urea groups is 1. The van der Waals surface area contributed by atoms with Gasteiger partial charge in [-0.05, 0) is 43.3 Å². The predicted molar refractivity (Wildman–Crippen MR) is 102 cm³/mol. The largest absolute Gasteiger partial charge is 0.322 e. The van der Waals surface area contributed by atoms with Crippen LogP contribution in [0.15, 0.2) is 59.5 Å². The van der Waals surface area contributed by atoms with Crippen molar-refractivity contribution in [3.8, 4) is 0 Å². The third-order valence-electron chi connectivity index (χ3n) is 4.33. The molecular formula is C18H20ClN3O3S. The number of hydrogen-bond donors (Lipinski definition) is 1. The Kier molecular flexibility index (Phi) is 5.50. The number of carbonyl (C=O) groups excluding carboxylic acids is 1. The van der Waals surface area contributed by atoms with Gasteiger partial charge in [0, 0.05) is 36.4 Å². The summed E-state index contributed by atoms with van der Waals surface area (Å²) in [5.74, 6) is 0. The van der Waals surface area contributed by atoms with Gasteiger partial charge in [0.15, 0.2) is 0 Å². The van der Waals surface area contributed by atoms with Gasteiger partial charge in [-0.25, -0.2) is 13.2 Å². The predicted octanol–water partition coefficient (Wildman–Crippen LogP) is 3.27. The zero-order chi connectivity index (χ0) is 18.7. The summed E-state index contributed by atoms with van der Waals surface area (Å²) in [7, 11) is -3.60. The number of sulfonamides is 1. The molecule has 2 aromatic rings. The Hall–Kier alpha value is -2.09. The molecule has 2 amide bonds. The molecule has 0 bridgehead atoms. The number of carbonyl (C=O) groups is 1. The van der Waals surface area contributed by atoms with E-state index in [0.29, 0.717) is 17.3 Å². The van der Waals surface area contributed by atoms with Gasteiger partial charge in [0.2, 0.25) is 10.0 Å². The van der Waals surface area contributed by atoms with E-state index in [4.69, 9.17) is 11.6 Å². The summed E-state index contributed by atoms with van der Waals surface area (Å²) in [6, 6.07) is 14.8. The second-order valence-electron chi connectivity index (χ2n) is 6.16. The van der Waals surface area contributed by atoms with Gasteiger partial charge in [-0.2, -0.15) is 4.31 Å². The smallest absolute Gasteiger partial charge is 0.319 e. The third-order valence-corrected chi connectivity index (χ3v) is 6.46. The summed E-state index contributed by atoms with van der Waals surface area (Å²) >= 11 is 5.83. The Morgan fingerprint density at radius 2 is 1.73 bits per heavy atom. The van der Waals surface area contributed by atoms with E-state index < -0.39 is 10.0 Å². The zero-order valence-corrected chi connectivity index (χ0v) is 15.9. The molecule has 1 unspecified atom stereocenters. The first-order valence-electron chi connectivity index (χ1n) is 8.26. The molecule has 1 atom stereocenters. The van der Waals surface area contributed by atoms with Crippen molar-refractivity contribution in [1.29, 1.82) is 0 Å². The molecule has 0 radical (unpaired) electrons. The van der Waals surface area contributed by atoms with Crippen molar-refractivity contribution in [2.75, 3.05) is 25.0 Å². The van der Waals surface area contributed by atoms with E-state index >= 15 is 0 Å². The van der Waals surface area contributed by atoms with E-state index in [9.17, 15) is 13.2 Å². The molecule has 1 aliphatic heterocycles. The Morgan fingerprint density at radius 1 is 1.08 bits per heavy atom. The van der Waals surface area contributed by atoms with Crippen LogP contribution < -0.4 is 5.32 Å². The van der Waals surface area contributed by atoms with Crippen LogP contribution >= 0.6 is 11.6 Å². The first-order chi connectivity index (χ1) is 12.4. The van der Waals surface area contributed by atoms with Crippen LogP contribution in [0.5, 0.6) is 0 Å². The minimum Gasteiger partial charge on any atom is -0.319 e. The highest BCUT2D eigenvalue weighted by molar-refractivity contribution is 7.89. The fourth-order valence-electron chi connectivity index (χ4n) is 2.92. The molecule has 0 aromatic heterocycles. The van der Waals surface area contributed by atoms with Crippen LogP contribution in [0.3, 0.4) is 0 Å². The second kappa shape index (κ2) is 7.65. The summed E-state index contributed by atoms with van der Waals surface area (Å²) in [5.41, 5.74) is 0.709. The van der Waals surface area contributed by atoms with Crippen LogP contribution in [0.4, 0.5) is 10.5 Å². The van der Waals surface area contributed by atoms with Gasteiger partial charge in [0.25, 0.3) is 0 Å². The number of nitrogens with one attached hydrogen (secondary N) is 1. The Bertz CT molecular complexity index is 872. The topological polar surface area (TPSA) is 69.7 Å². The normalized spacial score (nSPS) is 18.5. The monoisotopic (exact) mass is 393 g/mol. The lowest BCUT2D eigenvalue weighted by atomic mass is 10.2. The molecule has 1 N–H and O–H groups in total. The van der Waals surface area contributed by atoms with Crippen LogP contribution in [0, 0.1) is 0 Å². The molecule has 0 spiro atoms. The van der Waals surface area contributed by atoms with Crippen molar-refractivity contribution in [2.45, 2.75) is 17.9 Å². The second-order valence-corrected chi connectivity index (χ2v) is 8.53. The standard InChI is InChI=1S/C18H20ClN3O3S/c1-14-13-21(26(24,25)17-9-7-15(19)8-10-17)11-12-22(14)18(23)20-16-5-3-2-4-6-16/h2-10,14H,11-13H2,1H3,(H,20,23). The fourth-order valence-corrected chi connectivity index (χ4v) is 4.55. The van der Waals surface area contributed by atoms with Crippen molar-refractivity contribution < 1.29 is 13.2 Å². The maximum Gasteiger partial charge on any atom is 0.322 e. The van der Waals surface area contributed by atoms with E-state index in [1.165, 1.54) is 16.4 Å². The number of anilines is 1. The third kappa shape index (κ3) is 4.00. The number of halogens is 1. The molecule has 0 aliphatic carbocycles. The van der Waals surface area contributed by atoms with Gasteiger partial charge in [-0.3, -0.25) is 0 Å². The SMILES string of the molecule is CC1CN(S(=O)(=O)c2ccc(Cl)cc2)CCN1C(=O)Nc1ccccc1. The van der Waals surface area contributed by atoms with Gasteiger partial charge >= 0.3 is 6.03 Å². The van der Waals surface area contributed by atoms with Gasteiger partial charge in [0.05, 0.1) is 4.90 Å². The first kappa shape index (κ1) is 18.7. The van der Waals surface area contributed by atoms with Crippen LogP contribution in [-0.4, -0.2) is 49.3 Å². The van der Waals surface area contributed by atoms with Crippen LogP contribution in [-0.2, 0) is 10.0 Å². The number of piperazine rings is 1. The summed E-state index contributed by atoms with van der Waals surface area (Å²) in [6.07, 6.45) is 0. The van der Waals surface area contributed by atoms with E-state index in [2.05, 4.69) is 5.32 Å². The fraction of sp³-hybridized carbons (Fsp3) is 0.278. The maximum atomic E-state index is 12.8. The van der Waals surface area contributed by atoms with Crippen LogP contribution in [0.1, 0.15) is 6.92 Å². The lowest BCUT2D eigenvalue weighted by molar-refractivity contribution is 0.149. The summed E-state index contributed by atoms with van der Waals surface area (Å²) < 4.78 is 27.0. The first-order valence-corrected chi connectivity index (χ1v) is 10.1. The molecule has 3 rings (SSSR count). The Labute approximate surface area is 158 Å². The highest BCUT2D eigenvalue weighted by atomic mass is 35.5. The molecule has 2 aromatic carbocycles. The highest BCUT2D eigenvalue weighted by Crippen LogP contribution is 2.22. The quantitative estimate of drug-likeness (QED) is 0.870. The number of nitrogens with zero attached hydrogens (tertiary/aromatic N) is 2. The molecule has 1 fully saturated rings. The van der Waals surface area contributed by atoms with Gasteiger partial charge in [-0.1, -0.05) is 29.8 Å². The summed E-state index contributed by atoms with van der Waals surface area (Å²) in [6.45, 7) is 2.66. The highest BCUT2D eigenvalue weighted by Gasteiger charge is 2.34.